The van der Waals surface area contributed by atoms with Crippen molar-refractivity contribution in [2.45, 2.75) is 56.7 Å². The van der Waals surface area contributed by atoms with Gasteiger partial charge in [-0.05, 0) is 74.8 Å². The molecule has 5 heteroatoms. The lowest BCUT2D eigenvalue weighted by Crippen LogP contribution is -2.48. The highest BCUT2D eigenvalue weighted by atomic mass is 35.5. The third-order valence-corrected chi connectivity index (χ3v) is 6.89. The Bertz CT molecular complexity index is 845. The van der Waals surface area contributed by atoms with Crippen molar-refractivity contribution in [3.05, 3.63) is 65.7 Å². The zero-order chi connectivity index (χ0) is 19.6. The van der Waals surface area contributed by atoms with E-state index < -0.39 is 0 Å². The molecule has 1 N–H and O–H groups in total. The molecule has 160 valence electrons. The second kappa shape index (κ2) is 9.40. The maximum absolute atomic E-state index is 13.0. The molecule has 0 radical (unpaired) electrons. The Morgan fingerprint density at radius 1 is 0.933 bits per heavy atom. The molecule has 2 aromatic carbocycles. The highest BCUT2D eigenvalue weighted by Crippen LogP contribution is 2.39. The summed E-state index contributed by atoms with van der Waals surface area (Å²) in [5, 5.41) is 3.67. The molecule has 5 rings (SSSR count). The summed E-state index contributed by atoms with van der Waals surface area (Å²) in [5.74, 6) is 1.93. The quantitative estimate of drug-likeness (QED) is 0.766. The van der Waals surface area contributed by atoms with E-state index in [1.807, 2.05) is 30.3 Å². The predicted octanol–water partition coefficient (Wildman–Crippen LogP) is 4.48. The number of carbonyl (C=O) groups is 1. The van der Waals surface area contributed by atoms with Gasteiger partial charge in [-0.2, -0.15) is 0 Å². The summed E-state index contributed by atoms with van der Waals surface area (Å²) in [4.78, 5) is 15.2. The average molecular weight is 427 g/mol. The second-order valence-corrected chi connectivity index (χ2v) is 8.85. The normalized spacial score (nSPS) is 27.0. The fourth-order valence-corrected chi connectivity index (χ4v) is 5.49. The summed E-state index contributed by atoms with van der Waals surface area (Å²) in [6, 6.07) is 19.0. The van der Waals surface area contributed by atoms with Crippen molar-refractivity contribution in [1.82, 2.24) is 10.2 Å². The minimum atomic E-state index is 0. The monoisotopic (exact) mass is 426 g/mol. The van der Waals surface area contributed by atoms with E-state index in [0.29, 0.717) is 18.0 Å². The van der Waals surface area contributed by atoms with Gasteiger partial charge in [-0.3, -0.25) is 4.79 Å². The van der Waals surface area contributed by atoms with Crippen LogP contribution in [0.3, 0.4) is 0 Å². The minimum Gasteiger partial charge on any atom is -0.489 e. The van der Waals surface area contributed by atoms with Crippen LogP contribution in [0.25, 0.3) is 0 Å². The second-order valence-electron chi connectivity index (χ2n) is 8.85. The van der Waals surface area contributed by atoms with E-state index in [2.05, 4.69) is 34.5 Å². The first kappa shape index (κ1) is 21.2. The van der Waals surface area contributed by atoms with E-state index in [1.54, 1.807) is 0 Å². The van der Waals surface area contributed by atoms with Crippen molar-refractivity contribution in [2.75, 3.05) is 13.1 Å². The number of hydrogen-bond donors (Lipinski definition) is 1. The van der Waals surface area contributed by atoms with Gasteiger partial charge in [0.1, 0.15) is 11.9 Å². The number of amides is 1. The number of ether oxygens (including phenoxy) is 1. The summed E-state index contributed by atoms with van der Waals surface area (Å²) in [6.07, 6.45) is 7.00. The number of halogens is 1. The summed E-state index contributed by atoms with van der Waals surface area (Å²) in [5.41, 5.74) is 2.16. The number of carbonyl (C=O) groups excluding carboxylic acids is 1. The van der Waals surface area contributed by atoms with Crippen LogP contribution in [0.4, 0.5) is 0 Å². The topological polar surface area (TPSA) is 41.6 Å². The smallest absolute Gasteiger partial charge is 0.254 e. The van der Waals surface area contributed by atoms with E-state index in [1.165, 1.54) is 5.56 Å². The van der Waals surface area contributed by atoms with Crippen LogP contribution >= 0.6 is 12.4 Å². The molecule has 0 aromatic heterocycles. The van der Waals surface area contributed by atoms with E-state index in [0.717, 1.165) is 62.9 Å². The Kier molecular flexibility index (Phi) is 6.64. The molecule has 4 nitrogen and oxygen atoms in total. The standard InChI is InChI=1S/C25H30N2O2.ClH/c28-25(20-7-2-1-3-8-20)27-21-11-12-22(27)15-18(14-21)16-26-17-23-13-10-19-6-4-5-9-24(19)29-23;/h1-9,18,21-23,26H,10-17H2;1H. The van der Waals surface area contributed by atoms with E-state index in [9.17, 15) is 4.79 Å². The van der Waals surface area contributed by atoms with Crippen molar-refractivity contribution in [2.24, 2.45) is 5.92 Å². The number of nitrogens with one attached hydrogen (secondary N) is 1. The number of piperidine rings is 1. The third-order valence-electron chi connectivity index (χ3n) is 6.89. The number of hydrogen-bond acceptors (Lipinski definition) is 3. The number of fused-ring (bicyclic) bond motifs is 3. The zero-order valence-corrected chi connectivity index (χ0v) is 18.2. The molecule has 0 spiro atoms. The first-order chi connectivity index (χ1) is 14.3. The summed E-state index contributed by atoms with van der Waals surface area (Å²) < 4.78 is 6.16. The number of rotatable bonds is 5. The van der Waals surface area contributed by atoms with Crippen LogP contribution < -0.4 is 10.1 Å². The lowest BCUT2D eigenvalue weighted by Gasteiger charge is -2.39. The number of benzene rings is 2. The lowest BCUT2D eigenvalue weighted by atomic mass is 9.90. The van der Waals surface area contributed by atoms with Crippen molar-refractivity contribution < 1.29 is 9.53 Å². The highest BCUT2D eigenvalue weighted by molar-refractivity contribution is 5.94. The van der Waals surface area contributed by atoms with Gasteiger partial charge in [-0.1, -0.05) is 36.4 Å². The van der Waals surface area contributed by atoms with Gasteiger partial charge in [0.15, 0.2) is 0 Å². The molecular weight excluding hydrogens is 396 g/mol. The first-order valence-corrected chi connectivity index (χ1v) is 11.1. The van der Waals surface area contributed by atoms with Crippen molar-refractivity contribution in [3.63, 3.8) is 0 Å². The molecule has 2 bridgehead atoms. The van der Waals surface area contributed by atoms with Crippen LogP contribution in [-0.2, 0) is 6.42 Å². The van der Waals surface area contributed by atoms with Crippen LogP contribution in [0.15, 0.2) is 54.6 Å². The fraction of sp³-hybridized carbons (Fsp3) is 0.480. The SMILES string of the molecule is Cl.O=C(c1ccccc1)N1C2CCC1CC(CNCC1CCc3ccccc3O1)C2. The molecular formula is C25H31ClN2O2. The van der Waals surface area contributed by atoms with Crippen molar-refractivity contribution >= 4 is 18.3 Å². The molecule has 0 aliphatic carbocycles. The molecule has 0 saturated carbocycles. The van der Waals surface area contributed by atoms with E-state index >= 15 is 0 Å². The molecule has 3 aliphatic rings. The molecule has 2 saturated heterocycles. The largest absolute Gasteiger partial charge is 0.489 e. The Morgan fingerprint density at radius 3 is 2.40 bits per heavy atom. The maximum atomic E-state index is 13.0. The molecule has 2 aromatic rings. The molecule has 3 aliphatic heterocycles. The first-order valence-electron chi connectivity index (χ1n) is 11.1. The van der Waals surface area contributed by atoms with E-state index in [-0.39, 0.29) is 24.4 Å². The number of aryl methyl sites for hydroxylation is 1. The summed E-state index contributed by atoms with van der Waals surface area (Å²) in [7, 11) is 0. The molecule has 3 heterocycles. The van der Waals surface area contributed by atoms with E-state index in [4.69, 9.17) is 4.74 Å². The Morgan fingerprint density at radius 2 is 1.63 bits per heavy atom. The van der Waals surface area contributed by atoms with Crippen molar-refractivity contribution in [1.29, 1.82) is 0 Å². The Balaban J connectivity index is 0.00000218. The van der Waals surface area contributed by atoms with Crippen LogP contribution in [-0.4, -0.2) is 42.1 Å². The van der Waals surface area contributed by atoms with Crippen LogP contribution in [0.1, 0.15) is 48.0 Å². The van der Waals surface area contributed by atoms with Crippen molar-refractivity contribution in [3.8, 4) is 5.75 Å². The molecule has 30 heavy (non-hydrogen) atoms. The van der Waals surface area contributed by atoms with Crippen LogP contribution in [0.2, 0.25) is 0 Å². The fourth-order valence-electron chi connectivity index (χ4n) is 5.49. The van der Waals surface area contributed by atoms with Crippen LogP contribution in [0.5, 0.6) is 5.75 Å². The van der Waals surface area contributed by atoms with Gasteiger partial charge < -0.3 is 15.0 Å². The highest BCUT2D eigenvalue weighted by Gasteiger charge is 2.43. The van der Waals surface area contributed by atoms with Gasteiger partial charge in [-0.25, -0.2) is 0 Å². The van der Waals surface area contributed by atoms with Crippen LogP contribution in [0, 0.1) is 5.92 Å². The maximum Gasteiger partial charge on any atom is 0.254 e. The minimum absolute atomic E-state index is 0. The van der Waals surface area contributed by atoms with Gasteiger partial charge in [0.25, 0.3) is 5.91 Å². The van der Waals surface area contributed by atoms with Gasteiger partial charge >= 0.3 is 0 Å². The number of para-hydroxylation sites is 1. The number of nitrogens with zero attached hydrogens (tertiary/aromatic N) is 1. The third kappa shape index (κ3) is 4.35. The predicted molar refractivity (Wildman–Crippen MR) is 121 cm³/mol. The molecule has 2 fully saturated rings. The summed E-state index contributed by atoms with van der Waals surface area (Å²) >= 11 is 0. The average Bonchev–Trinajstić information content (AvgIpc) is 3.03. The summed E-state index contributed by atoms with van der Waals surface area (Å²) in [6.45, 7) is 1.94. The van der Waals surface area contributed by atoms with Gasteiger partial charge in [0.2, 0.25) is 0 Å². The lowest BCUT2D eigenvalue weighted by molar-refractivity contribution is 0.0521. The van der Waals surface area contributed by atoms with Gasteiger partial charge in [0, 0.05) is 24.2 Å². The zero-order valence-electron chi connectivity index (χ0n) is 17.3. The van der Waals surface area contributed by atoms with Gasteiger partial charge in [0.05, 0.1) is 0 Å². The molecule has 3 atom stereocenters. The Labute approximate surface area is 185 Å². The Hall–Kier alpha value is -2.04. The molecule has 3 unspecified atom stereocenters. The molecule has 1 amide bonds. The van der Waals surface area contributed by atoms with Gasteiger partial charge in [-0.15, -0.1) is 12.4 Å².